The van der Waals surface area contributed by atoms with E-state index in [4.69, 9.17) is 28.4 Å². The Morgan fingerprint density at radius 1 is 0.850 bits per heavy atom. The molecular weight excluding hydrogens is 268 g/mol. The van der Waals surface area contributed by atoms with Crippen LogP contribution in [0, 0.1) is 0 Å². The smallest absolute Gasteiger partial charge is 0.188 e. The van der Waals surface area contributed by atoms with Crippen LogP contribution in [0.15, 0.2) is 6.07 Å². The Labute approximate surface area is 117 Å². The average Bonchev–Trinajstić information content (AvgIpc) is 2.49. The van der Waals surface area contributed by atoms with Crippen LogP contribution >= 0.6 is 0 Å². The topological polar surface area (TPSA) is 75.6 Å². The molecule has 0 amide bonds. The second-order valence-corrected chi connectivity index (χ2v) is 3.68. The monoisotopic (exact) mass is 288 g/mol. The summed E-state index contributed by atoms with van der Waals surface area (Å²) < 4.78 is 31.0. The normalized spacial score (nSPS) is 10.2. The summed E-state index contributed by atoms with van der Waals surface area (Å²) in [6, 6.07) is 1.60. The maximum absolute atomic E-state index is 9.56. The number of aliphatic hydroxyl groups is 1. The van der Waals surface area contributed by atoms with Gasteiger partial charge >= 0.3 is 0 Å². The summed E-state index contributed by atoms with van der Waals surface area (Å²) in [7, 11) is 5.97. The fourth-order valence-electron chi connectivity index (χ4n) is 1.68. The fourth-order valence-corrected chi connectivity index (χ4v) is 1.68. The summed E-state index contributed by atoms with van der Waals surface area (Å²) in [6.07, 6.45) is 0. The standard InChI is InChI=1S/C13H20O7/c1-15-7-19-11-5-10(17-3)13(20-8-16-2)9(6-14)12(11)18-4/h5,14H,6-8H2,1-4H3. The van der Waals surface area contributed by atoms with Gasteiger partial charge in [-0.15, -0.1) is 0 Å². The largest absolute Gasteiger partial charge is 0.493 e. The average molecular weight is 288 g/mol. The first kappa shape index (κ1) is 16.4. The third-order valence-corrected chi connectivity index (χ3v) is 2.49. The van der Waals surface area contributed by atoms with Crippen molar-refractivity contribution in [1.82, 2.24) is 0 Å². The van der Waals surface area contributed by atoms with E-state index in [0.717, 1.165) is 0 Å². The van der Waals surface area contributed by atoms with Crippen LogP contribution in [-0.4, -0.2) is 47.1 Å². The van der Waals surface area contributed by atoms with Gasteiger partial charge in [0.1, 0.15) is 0 Å². The predicted molar refractivity (Wildman–Crippen MR) is 70.5 cm³/mol. The Kier molecular flexibility index (Phi) is 6.92. The quantitative estimate of drug-likeness (QED) is 0.683. The van der Waals surface area contributed by atoms with Gasteiger partial charge < -0.3 is 33.5 Å². The van der Waals surface area contributed by atoms with Gasteiger partial charge in [-0.1, -0.05) is 0 Å². The molecular formula is C13H20O7. The van der Waals surface area contributed by atoms with Crippen molar-refractivity contribution < 1.29 is 33.5 Å². The molecule has 0 saturated heterocycles. The van der Waals surface area contributed by atoms with Crippen molar-refractivity contribution in [3.05, 3.63) is 11.6 Å². The minimum atomic E-state index is -0.303. The number of hydrogen-bond acceptors (Lipinski definition) is 7. The molecule has 0 unspecified atom stereocenters. The van der Waals surface area contributed by atoms with Gasteiger partial charge in [-0.25, -0.2) is 0 Å². The molecule has 1 aromatic rings. The van der Waals surface area contributed by atoms with E-state index in [1.54, 1.807) is 6.07 Å². The Balaban J connectivity index is 3.28. The Morgan fingerprint density at radius 2 is 1.50 bits per heavy atom. The van der Waals surface area contributed by atoms with Gasteiger partial charge in [0.15, 0.2) is 36.6 Å². The third-order valence-electron chi connectivity index (χ3n) is 2.49. The third kappa shape index (κ3) is 3.66. The van der Waals surface area contributed by atoms with Gasteiger partial charge in [-0.2, -0.15) is 0 Å². The number of hydrogen-bond donors (Lipinski definition) is 1. The molecule has 0 saturated carbocycles. The predicted octanol–water partition coefficient (Wildman–Crippen LogP) is 1.16. The van der Waals surface area contributed by atoms with E-state index in [1.807, 2.05) is 0 Å². The van der Waals surface area contributed by atoms with Gasteiger partial charge in [0.2, 0.25) is 0 Å². The van der Waals surface area contributed by atoms with Crippen LogP contribution in [0.1, 0.15) is 5.56 Å². The van der Waals surface area contributed by atoms with E-state index >= 15 is 0 Å². The number of rotatable bonds is 9. The first-order valence-corrected chi connectivity index (χ1v) is 5.85. The minimum absolute atomic E-state index is 0.0186. The lowest BCUT2D eigenvalue weighted by Gasteiger charge is -2.19. The van der Waals surface area contributed by atoms with Crippen LogP contribution in [0.2, 0.25) is 0 Å². The summed E-state index contributed by atoms with van der Waals surface area (Å²) in [5.74, 6) is 1.49. The van der Waals surface area contributed by atoms with Crippen molar-refractivity contribution in [2.24, 2.45) is 0 Å². The highest BCUT2D eigenvalue weighted by atomic mass is 16.7. The molecule has 114 valence electrons. The van der Waals surface area contributed by atoms with E-state index in [9.17, 15) is 5.11 Å². The van der Waals surface area contributed by atoms with Crippen LogP contribution in [0.3, 0.4) is 0 Å². The molecule has 0 fully saturated rings. The molecule has 0 aliphatic rings. The highest BCUT2D eigenvalue weighted by molar-refractivity contribution is 5.61. The summed E-state index contributed by atoms with van der Waals surface area (Å²) >= 11 is 0. The Bertz CT molecular complexity index is 420. The zero-order valence-electron chi connectivity index (χ0n) is 12.1. The second kappa shape index (κ2) is 8.47. The number of benzene rings is 1. The molecule has 0 radical (unpaired) electrons. The first-order chi connectivity index (χ1) is 9.73. The summed E-state index contributed by atoms with van der Waals surface area (Å²) in [6.45, 7) is -0.240. The van der Waals surface area contributed by atoms with Crippen molar-refractivity contribution in [2.45, 2.75) is 6.61 Å². The molecule has 20 heavy (non-hydrogen) atoms. The Hall–Kier alpha value is -1.70. The molecule has 1 rings (SSSR count). The van der Waals surface area contributed by atoms with Crippen molar-refractivity contribution >= 4 is 0 Å². The molecule has 0 bridgehead atoms. The molecule has 1 aromatic carbocycles. The molecule has 0 spiro atoms. The minimum Gasteiger partial charge on any atom is -0.493 e. The summed E-state index contributed by atoms with van der Waals surface area (Å²) in [4.78, 5) is 0. The zero-order chi connectivity index (χ0) is 15.0. The van der Waals surface area contributed by atoms with Crippen LogP contribution in [0.5, 0.6) is 23.0 Å². The van der Waals surface area contributed by atoms with Crippen molar-refractivity contribution in [2.75, 3.05) is 42.0 Å². The lowest BCUT2D eigenvalue weighted by molar-refractivity contribution is 0.0435. The molecule has 0 atom stereocenters. The number of methoxy groups -OCH3 is 4. The lowest BCUT2D eigenvalue weighted by atomic mass is 10.1. The van der Waals surface area contributed by atoms with Gasteiger partial charge in [-0.05, 0) is 0 Å². The van der Waals surface area contributed by atoms with Crippen LogP contribution < -0.4 is 18.9 Å². The van der Waals surface area contributed by atoms with Gasteiger partial charge in [0.05, 0.1) is 26.4 Å². The number of ether oxygens (including phenoxy) is 6. The summed E-state index contributed by atoms with van der Waals surface area (Å²) in [5.41, 5.74) is 0.412. The molecule has 7 heteroatoms. The highest BCUT2D eigenvalue weighted by Gasteiger charge is 2.21. The van der Waals surface area contributed by atoms with Gasteiger partial charge in [-0.3, -0.25) is 0 Å². The maximum atomic E-state index is 9.56. The van der Waals surface area contributed by atoms with E-state index in [0.29, 0.717) is 28.6 Å². The van der Waals surface area contributed by atoms with Crippen LogP contribution in [0.25, 0.3) is 0 Å². The Morgan fingerprint density at radius 3 is 2.00 bits per heavy atom. The maximum Gasteiger partial charge on any atom is 0.188 e. The first-order valence-electron chi connectivity index (χ1n) is 5.85. The summed E-state index contributed by atoms with van der Waals surface area (Å²) in [5, 5.41) is 9.56. The van der Waals surface area contributed by atoms with Crippen LogP contribution in [0.4, 0.5) is 0 Å². The molecule has 0 aliphatic heterocycles. The van der Waals surface area contributed by atoms with E-state index < -0.39 is 0 Å². The van der Waals surface area contributed by atoms with Crippen molar-refractivity contribution in [3.8, 4) is 23.0 Å². The lowest BCUT2D eigenvalue weighted by Crippen LogP contribution is -2.08. The highest BCUT2D eigenvalue weighted by Crippen LogP contribution is 2.44. The second-order valence-electron chi connectivity index (χ2n) is 3.68. The molecule has 0 aliphatic carbocycles. The van der Waals surface area contributed by atoms with E-state index in [2.05, 4.69) is 0 Å². The molecule has 7 nitrogen and oxygen atoms in total. The van der Waals surface area contributed by atoms with Crippen molar-refractivity contribution in [3.63, 3.8) is 0 Å². The molecule has 0 aromatic heterocycles. The van der Waals surface area contributed by atoms with Gasteiger partial charge in [0.25, 0.3) is 0 Å². The molecule has 1 N–H and O–H groups in total. The fraction of sp³-hybridized carbons (Fsp3) is 0.538. The SMILES string of the molecule is COCOc1cc(OC)c(OCOC)c(CO)c1OC. The number of aliphatic hydroxyl groups excluding tert-OH is 1. The van der Waals surface area contributed by atoms with E-state index in [1.165, 1.54) is 28.4 Å². The van der Waals surface area contributed by atoms with Gasteiger partial charge in [0, 0.05) is 20.3 Å². The zero-order valence-corrected chi connectivity index (χ0v) is 12.1. The van der Waals surface area contributed by atoms with E-state index in [-0.39, 0.29) is 20.2 Å². The molecule has 0 heterocycles. The van der Waals surface area contributed by atoms with Crippen molar-refractivity contribution in [1.29, 1.82) is 0 Å². The van der Waals surface area contributed by atoms with Crippen LogP contribution in [-0.2, 0) is 16.1 Å².